The highest BCUT2D eigenvalue weighted by Gasteiger charge is 2.28. The van der Waals surface area contributed by atoms with Gasteiger partial charge in [0.15, 0.2) is 0 Å². The Labute approximate surface area is 253 Å². The standard InChI is InChI=1S/C30H36N4O7S2/c35-30(31-14-21-41-27-10-12-29(13-11-27)43(38,39)34-19-22-40-23-20-34)26-8-6-25(7-9-26)24-32-15-17-33(18-16-32)42(36,37)28-4-2-1-3-5-28/h1-13H,14-24H2,(H,31,35). The van der Waals surface area contributed by atoms with E-state index in [0.717, 1.165) is 5.56 Å². The fourth-order valence-electron chi connectivity index (χ4n) is 4.97. The van der Waals surface area contributed by atoms with Crippen molar-refractivity contribution < 1.29 is 31.1 Å². The van der Waals surface area contributed by atoms with Gasteiger partial charge in [0.1, 0.15) is 12.4 Å². The van der Waals surface area contributed by atoms with Crippen LogP contribution in [0.3, 0.4) is 0 Å². The minimum atomic E-state index is -3.56. The molecule has 1 amide bonds. The largest absolute Gasteiger partial charge is 0.492 e. The minimum Gasteiger partial charge on any atom is -0.492 e. The predicted octanol–water partition coefficient (Wildman–Crippen LogP) is 2.02. The first-order valence-electron chi connectivity index (χ1n) is 14.2. The number of nitrogens with zero attached hydrogens (tertiary/aromatic N) is 3. The maximum Gasteiger partial charge on any atom is 0.251 e. The van der Waals surface area contributed by atoms with E-state index in [1.54, 1.807) is 54.6 Å². The van der Waals surface area contributed by atoms with E-state index in [9.17, 15) is 21.6 Å². The number of morpholine rings is 1. The summed E-state index contributed by atoms with van der Waals surface area (Å²) < 4.78 is 65.0. The van der Waals surface area contributed by atoms with Crippen LogP contribution in [0.4, 0.5) is 0 Å². The second-order valence-electron chi connectivity index (χ2n) is 10.3. The Morgan fingerprint density at radius 3 is 1.93 bits per heavy atom. The molecule has 13 heteroatoms. The number of nitrogens with one attached hydrogen (secondary N) is 1. The van der Waals surface area contributed by atoms with Gasteiger partial charge in [-0.25, -0.2) is 16.8 Å². The lowest BCUT2D eigenvalue weighted by atomic mass is 10.1. The molecule has 2 aliphatic rings. The van der Waals surface area contributed by atoms with E-state index in [1.165, 1.54) is 20.7 Å². The third-order valence-corrected chi connectivity index (χ3v) is 11.2. The number of piperazine rings is 1. The van der Waals surface area contributed by atoms with Crippen LogP contribution in [-0.2, 0) is 31.3 Å². The van der Waals surface area contributed by atoms with Crippen LogP contribution in [0, 0.1) is 0 Å². The highest BCUT2D eigenvalue weighted by atomic mass is 32.2. The van der Waals surface area contributed by atoms with Gasteiger partial charge in [-0.05, 0) is 54.1 Å². The van der Waals surface area contributed by atoms with Crippen molar-refractivity contribution in [3.63, 3.8) is 0 Å². The molecule has 0 radical (unpaired) electrons. The zero-order chi connectivity index (χ0) is 30.3. The number of rotatable bonds is 11. The van der Waals surface area contributed by atoms with Gasteiger partial charge < -0.3 is 14.8 Å². The third kappa shape index (κ3) is 7.80. The molecule has 2 fully saturated rings. The monoisotopic (exact) mass is 628 g/mol. The van der Waals surface area contributed by atoms with Crippen LogP contribution in [-0.4, -0.2) is 102 Å². The van der Waals surface area contributed by atoms with E-state index < -0.39 is 20.0 Å². The third-order valence-electron chi connectivity index (χ3n) is 7.42. The maximum absolute atomic E-state index is 12.9. The molecule has 3 aromatic rings. The highest BCUT2D eigenvalue weighted by molar-refractivity contribution is 7.89. The molecule has 0 aromatic heterocycles. The lowest BCUT2D eigenvalue weighted by molar-refractivity contribution is 0.0730. The van der Waals surface area contributed by atoms with Crippen LogP contribution in [0.5, 0.6) is 5.75 Å². The molecule has 43 heavy (non-hydrogen) atoms. The van der Waals surface area contributed by atoms with E-state index in [4.69, 9.17) is 9.47 Å². The Hall–Kier alpha value is -3.33. The van der Waals surface area contributed by atoms with Gasteiger partial charge >= 0.3 is 0 Å². The van der Waals surface area contributed by atoms with Gasteiger partial charge in [-0.15, -0.1) is 0 Å². The van der Waals surface area contributed by atoms with Gasteiger partial charge in [-0.2, -0.15) is 8.61 Å². The number of hydrogen-bond donors (Lipinski definition) is 1. The molecule has 0 aliphatic carbocycles. The summed E-state index contributed by atoms with van der Waals surface area (Å²) in [6.07, 6.45) is 0. The van der Waals surface area contributed by atoms with Crippen LogP contribution in [0.25, 0.3) is 0 Å². The van der Waals surface area contributed by atoms with Crippen LogP contribution in [0.1, 0.15) is 15.9 Å². The Morgan fingerprint density at radius 2 is 1.30 bits per heavy atom. The maximum atomic E-state index is 12.9. The van der Waals surface area contributed by atoms with Crippen molar-refractivity contribution in [1.82, 2.24) is 18.8 Å². The summed E-state index contributed by atoms with van der Waals surface area (Å²) in [5, 5.41) is 2.83. The topological polar surface area (TPSA) is 126 Å². The predicted molar refractivity (Wildman–Crippen MR) is 161 cm³/mol. The lowest BCUT2D eigenvalue weighted by Gasteiger charge is -2.34. The molecule has 0 spiro atoms. The Morgan fingerprint density at radius 1 is 0.721 bits per heavy atom. The Balaban J connectivity index is 1.03. The zero-order valence-corrected chi connectivity index (χ0v) is 25.4. The van der Waals surface area contributed by atoms with Crippen molar-refractivity contribution in [2.45, 2.75) is 16.3 Å². The van der Waals surface area contributed by atoms with E-state index in [0.29, 0.717) is 75.2 Å². The van der Waals surface area contributed by atoms with Gasteiger partial charge in [0.25, 0.3) is 5.91 Å². The highest BCUT2D eigenvalue weighted by Crippen LogP contribution is 2.21. The molecule has 0 atom stereocenters. The number of hydrogen-bond acceptors (Lipinski definition) is 8. The number of carbonyl (C=O) groups is 1. The zero-order valence-electron chi connectivity index (χ0n) is 23.8. The van der Waals surface area contributed by atoms with Crippen LogP contribution >= 0.6 is 0 Å². The molecule has 2 aliphatic heterocycles. The van der Waals surface area contributed by atoms with Crippen molar-refractivity contribution in [1.29, 1.82) is 0 Å². The van der Waals surface area contributed by atoms with Crippen molar-refractivity contribution >= 4 is 26.0 Å². The van der Waals surface area contributed by atoms with Crippen LogP contribution < -0.4 is 10.1 Å². The quantitative estimate of drug-likeness (QED) is 0.320. The van der Waals surface area contributed by atoms with Gasteiger partial charge in [0, 0.05) is 51.4 Å². The summed E-state index contributed by atoms with van der Waals surface area (Å²) in [5.74, 6) is 0.292. The average Bonchev–Trinajstić information content (AvgIpc) is 3.04. The van der Waals surface area contributed by atoms with Crippen molar-refractivity contribution in [2.75, 3.05) is 65.6 Å². The second kappa shape index (κ2) is 14.0. The first kappa shape index (κ1) is 31.1. The summed E-state index contributed by atoms with van der Waals surface area (Å²) in [4.78, 5) is 15.3. The smallest absolute Gasteiger partial charge is 0.251 e. The molecule has 0 bridgehead atoms. The first-order valence-corrected chi connectivity index (χ1v) is 17.1. The van der Waals surface area contributed by atoms with Gasteiger partial charge in [-0.1, -0.05) is 30.3 Å². The number of sulfonamides is 2. The molecule has 2 heterocycles. The molecule has 0 unspecified atom stereocenters. The molecule has 5 rings (SSSR count). The van der Waals surface area contributed by atoms with Crippen LogP contribution in [0.2, 0.25) is 0 Å². The molecule has 1 N–H and O–H groups in total. The molecule has 230 valence electrons. The second-order valence-corrected chi connectivity index (χ2v) is 14.2. The number of carbonyl (C=O) groups excluding carboxylic acids is 1. The first-order chi connectivity index (χ1) is 20.7. The molecule has 2 saturated heterocycles. The van der Waals surface area contributed by atoms with Gasteiger partial charge in [0.2, 0.25) is 20.0 Å². The number of amides is 1. The summed E-state index contributed by atoms with van der Waals surface area (Å²) >= 11 is 0. The molecular formula is C30H36N4O7S2. The summed E-state index contributed by atoms with van der Waals surface area (Å²) in [6, 6.07) is 22.1. The van der Waals surface area contributed by atoms with E-state index >= 15 is 0 Å². The molecular weight excluding hydrogens is 592 g/mol. The summed E-state index contributed by atoms with van der Waals surface area (Å²) in [5.41, 5.74) is 1.57. The van der Waals surface area contributed by atoms with E-state index in [1.807, 2.05) is 12.1 Å². The SMILES string of the molecule is O=C(NCCOc1ccc(S(=O)(=O)N2CCOCC2)cc1)c1ccc(CN2CCN(S(=O)(=O)c3ccccc3)CC2)cc1. The van der Waals surface area contributed by atoms with Crippen molar-refractivity contribution in [2.24, 2.45) is 0 Å². The Kier molecular flexibility index (Phi) is 10.1. The fourth-order valence-corrected chi connectivity index (χ4v) is 7.82. The number of benzene rings is 3. The molecule has 3 aromatic carbocycles. The lowest BCUT2D eigenvalue weighted by Crippen LogP contribution is -2.48. The average molecular weight is 629 g/mol. The Bertz CT molecular complexity index is 1570. The van der Waals surface area contributed by atoms with Gasteiger partial charge in [0.05, 0.1) is 29.5 Å². The van der Waals surface area contributed by atoms with Crippen LogP contribution in [0.15, 0.2) is 88.7 Å². The molecule has 11 nitrogen and oxygen atoms in total. The summed E-state index contributed by atoms with van der Waals surface area (Å²) in [6.45, 7) is 4.74. The number of ether oxygens (including phenoxy) is 2. The normalized spacial score (nSPS) is 17.4. The van der Waals surface area contributed by atoms with Gasteiger partial charge in [-0.3, -0.25) is 9.69 Å². The summed E-state index contributed by atoms with van der Waals surface area (Å²) in [7, 11) is -7.04. The van der Waals surface area contributed by atoms with E-state index in [-0.39, 0.29) is 24.0 Å². The molecule has 0 saturated carbocycles. The fraction of sp³-hybridized carbons (Fsp3) is 0.367. The van der Waals surface area contributed by atoms with Crippen molar-refractivity contribution in [3.05, 3.63) is 90.0 Å². The van der Waals surface area contributed by atoms with E-state index in [2.05, 4.69) is 10.2 Å². The van der Waals surface area contributed by atoms with Crippen molar-refractivity contribution in [3.8, 4) is 5.75 Å². The minimum absolute atomic E-state index is 0.205.